The molecule has 1 aliphatic heterocycles. The van der Waals surface area contributed by atoms with Gasteiger partial charge in [0.2, 0.25) is 0 Å². The quantitative estimate of drug-likeness (QED) is 0.460. The molecule has 0 saturated carbocycles. The van der Waals surface area contributed by atoms with Crippen molar-refractivity contribution in [2.75, 3.05) is 17.6 Å². The van der Waals surface area contributed by atoms with Crippen LogP contribution in [0, 0.1) is 0 Å². The molecule has 8 nitrogen and oxygen atoms in total. The molecule has 0 unspecified atom stereocenters. The monoisotopic (exact) mass is 427 g/mol. The smallest absolute Gasteiger partial charge is 0.256 e. The van der Waals surface area contributed by atoms with Crippen LogP contribution in [0.1, 0.15) is 41.9 Å². The standard InChI is InChI=1S/C24H25N7O/c1-15-5-6-18(14-28-15)23-30-20(21-22(25)27-12-13-31(21)23)16-7-9-17(10-8-16)24(32)29-19-4-2-3-11-26-19/h2-4,7-13,15,18,28H,5-6,14H2,1H3,(H2,25,27)(H,26,29,32)/t15-,18-/m1/s1. The number of carbonyl (C=O) groups excluding carboxylic acids is 1. The number of imidazole rings is 1. The van der Waals surface area contributed by atoms with E-state index in [1.54, 1.807) is 36.7 Å². The van der Waals surface area contributed by atoms with Gasteiger partial charge in [0, 0.05) is 48.2 Å². The van der Waals surface area contributed by atoms with Crippen molar-refractivity contribution in [1.82, 2.24) is 24.7 Å². The van der Waals surface area contributed by atoms with Crippen LogP contribution >= 0.6 is 0 Å². The van der Waals surface area contributed by atoms with Crippen molar-refractivity contribution in [2.24, 2.45) is 0 Å². The van der Waals surface area contributed by atoms with Gasteiger partial charge in [-0.15, -0.1) is 0 Å². The van der Waals surface area contributed by atoms with E-state index in [0.717, 1.165) is 42.0 Å². The lowest BCUT2D eigenvalue weighted by Crippen LogP contribution is -2.36. The number of amides is 1. The van der Waals surface area contributed by atoms with Gasteiger partial charge in [-0.1, -0.05) is 18.2 Å². The Morgan fingerprint density at radius 2 is 1.97 bits per heavy atom. The second-order valence-electron chi connectivity index (χ2n) is 8.18. The summed E-state index contributed by atoms with van der Waals surface area (Å²) in [5.74, 6) is 2.03. The number of anilines is 2. The van der Waals surface area contributed by atoms with Crippen molar-refractivity contribution in [2.45, 2.75) is 31.7 Å². The summed E-state index contributed by atoms with van der Waals surface area (Å²) >= 11 is 0. The molecule has 32 heavy (non-hydrogen) atoms. The van der Waals surface area contributed by atoms with E-state index in [2.05, 4.69) is 31.9 Å². The van der Waals surface area contributed by atoms with Crippen LogP contribution in [0.5, 0.6) is 0 Å². The van der Waals surface area contributed by atoms with Crippen molar-refractivity contribution < 1.29 is 4.79 Å². The van der Waals surface area contributed by atoms with Crippen LogP contribution in [0.4, 0.5) is 11.6 Å². The van der Waals surface area contributed by atoms with Crippen LogP contribution in [0.15, 0.2) is 61.1 Å². The third-order valence-corrected chi connectivity index (χ3v) is 5.96. The van der Waals surface area contributed by atoms with Gasteiger partial charge in [-0.2, -0.15) is 0 Å². The van der Waals surface area contributed by atoms with Gasteiger partial charge in [-0.05, 0) is 44.0 Å². The van der Waals surface area contributed by atoms with E-state index in [1.165, 1.54) is 0 Å². The molecular formula is C24H25N7O. The lowest BCUT2D eigenvalue weighted by atomic mass is 9.95. The zero-order chi connectivity index (χ0) is 22.1. The van der Waals surface area contributed by atoms with Gasteiger partial charge in [0.05, 0.1) is 0 Å². The molecule has 0 spiro atoms. The summed E-state index contributed by atoms with van der Waals surface area (Å²) < 4.78 is 2.06. The first-order valence-electron chi connectivity index (χ1n) is 10.8. The number of nitrogens with two attached hydrogens (primary N) is 1. The Morgan fingerprint density at radius 1 is 1.12 bits per heavy atom. The Labute approximate surface area is 185 Å². The maximum Gasteiger partial charge on any atom is 0.256 e. The number of carbonyl (C=O) groups is 1. The highest BCUT2D eigenvalue weighted by molar-refractivity contribution is 6.04. The molecule has 2 atom stereocenters. The largest absolute Gasteiger partial charge is 0.382 e. The zero-order valence-electron chi connectivity index (χ0n) is 17.8. The number of hydrogen-bond acceptors (Lipinski definition) is 6. The SMILES string of the molecule is C[C@@H]1CC[C@@H](c2nc(-c3ccc(C(=O)Nc4ccccn4)cc3)c3c(N)nccn23)CN1. The zero-order valence-corrected chi connectivity index (χ0v) is 17.8. The van der Waals surface area contributed by atoms with Crippen molar-refractivity contribution in [3.63, 3.8) is 0 Å². The van der Waals surface area contributed by atoms with Crippen molar-refractivity contribution in [3.8, 4) is 11.3 Å². The van der Waals surface area contributed by atoms with Crippen molar-refractivity contribution >= 4 is 23.1 Å². The Morgan fingerprint density at radius 3 is 2.69 bits per heavy atom. The first kappa shape index (κ1) is 20.1. The average molecular weight is 428 g/mol. The summed E-state index contributed by atoms with van der Waals surface area (Å²) in [5, 5.41) is 6.35. The van der Waals surface area contributed by atoms with E-state index in [4.69, 9.17) is 10.7 Å². The fraction of sp³-hybridized carbons (Fsp3) is 0.250. The highest BCUT2D eigenvalue weighted by Crippen LogP contribution is 2.33. The molecule has 0 aliphatic carbocycles. The topological polar surface area (TPSA) is 110 Å². The Hall–Kier alpha value is -3.78. The van der Waals surface area contributed by atoms with Gasteiger partial charge in [0.15, 0.2) is 0 Å². The second-order valence-corrected chi connectivity index (χ2v) is 8.18. The summed E-state index contributed by atoms with van der Waals surface area (Å²) in [6.45, 7) is 3.09. The lowest BCUT2D eigenvalue weighted by Gasteiger charge is -2.26. The van der Waals surface area contributed by atoms with Gasteiger partial charge in [-0.25, -0.2) is 15.0 Å². The maximum absolute atomic E-state index is 12.6. The molecule has 162 valence electrons. The summed E-state index contributed by atoms with van der Waals surface area (Å²) in [5.41, 5.74) is 9.27. The molecule has 1 saturated heterocycles. The number of nitrogen functional groups attached to an aromatic ring is 1. The van der Waals surface area contributed by atoms with Crippen LogP contribution < -0.4 is 16.4 Å². The minimum atomic E-state index is -0.214. The molecule has 0 radical (unpaired) electrons. The van der Waals surface area contributed by atoms with Crippen LogP contribution in [-0.2, 0) is 0 Å². The Bertz CT molecular complexity index is 1240. The molecule has 4 aromatic rings. The number of hydrogen-bond donors (Lipinski definition) is 3. The van der Waals surface area contributed by atoms with Gasteiger partial charge in [0.1, 0.15) is 28.7 Å². The number of aromatic nitrogens is 4. The second kappa shape index (κ2) is 8.39. The van der Waals surface area contributed by atoms with Crippen LogP contribution in [0.25, 0.3) is 16.8 Å². The minimum Gasteiger partial charge on any atom is -0.382 e. The number of piperidine rings is 1. The number of pyridine rings is 1. The number of nitrogens with one attached hydrogen (secondary N) is 2. The van der Waals surface area contributed by atoms with Crippen molar-refractivity contribution in [3.05, 3.63) is 72.4 Å². The Balaban J connectivity index is 1.47. The highest BCUT2D eigenvalue weighted by atomic mass is 16.1. The third kappa shape index (κ3) is 3.80. The summed E-state index contributed by atoms with van der Waals surface area (Å²) in [4.78, 5) is 26.0. The predicted molar refractivity (Wildman–Crippen MR) is 124 cm³/mol. The molecule has 5 rings (SSSR count). The molecular weight excluding hydrogens is 402 g/mol. The average Bonchev–Trinajstić information content (AvgIpc) is 3.21. The van der Waals surface area contributed by atoms with Gasteiger partial charge in [-0.3, -0.25) is 9.20 Å². The van der Waals surface area contributed by atoms with E-state index in [-0.39, 0.29) is 5.91 Å². The summed E-state index contributed by atoms with van der Waals surface area (Å²) in [6.07, 6.45) is 7.45. The van der Waals surface area contributed by atoms with Gasteiger partial charge < -0.3 is 16.4 Å². The number of nitrogens with zero attached hydrogens (tertiary/aromatic N) is 4. The third-order valence-electron chi connectivity index (χ3n) is 5.96. The minimum absolute atomic E-state index is 0.214. The van der Waals surface area contributed by atoms with Crippen molar-refractivity contribution in [1.29, 1.82) is 0 Å². The normalized spacial score (nSPS) is 18.5. The summed E-state index contributed by atoms with van der Waals surface area (Å²) in [7, 11) is 0. The van der Waals surface area contributed by atoms with E-state index < -0.39 is 0 Å². The molecule has 1 aromatic carbocycles. The molecule has 1 amide bonds. The van der Waals surface area contributed by atoms with E-state index in [9.17, 15) is 4.79 Å². The van der Waals surface area contributed by atoms with E-state index in [1.807, 2.05) is 24.4 Å². The number of benzene rings is 1. The van der Waals surface area contributed by atoms with Gasteiger partial charge >= 0.3 is 0 Å². The summed E-state index contributed by atoms with van der Waals surface area (Å²) in [6, 6.07) is 13.3. The first-order chi connectivity index (χ1) is 15.6. The van der Waals surface area contributed by atoms with Crippen LogP contribution in [0.2, 0.25) is 0 Å². The number of rotatable bonds is 4. The maximum atomic E-state index is 12.6. The molecule has 1 fully saturated rings. The Kier molecular flexibility index (Phi) is 5.28. The van der Waals surface area contributed by atoms with E-state index in [0.29, 0.717) is 29.2 Å². The van der Waals surface area contributed by atoms with E-state index >= 15 is 0 Å². The predicted octanol–water partition coefficient (Wildman–Crippen LogP) is 3.48. The van der Waals surface area contributed by atoms with Crippen LogP contribution in [-0.4, -0.2) is 37.8 Å². The molecule has 4 heterocycles. The van der Waals surface area contributed by atoms with Crippen LogP contribution in [0.3, 0.4) is 0 Å². The molecule has 0 bridgehead atoms. The van der Waals surface area contributed by atoms with Gasteiger partial charge in [0.25, 0.3) is 5.91 Å². The molecule has 1 aliphatic rings. The fourth-order valence-corrected chi connectivity index (χ4v) is 4.20. The molecule has 8 heteroatoms. The molecule has 3 aromatic heterocycles. The first-order valence-corrected chi connectivity index (χ1v) is 10.8. The fourth-order valence-electron chi connectivity index (χ4n) is 4.20. The number of fused-ring (bicyclic) bond motifs is 1. The molecule has 4 N–H and O–H groups in total. The highest BCUT2D eigenvalue weighted by Gasteiger charge is 2.26. The lowest BCUT2D eigenvalue weighted by molar-refractivity contribution is 0.102.